The summed E-state index contributed by atoms with van der Waals surface area (Å²) < 4.78 is 7.26. The topological polar surface area (TPSA) is 26.3 Å². The largest absolute Gasteiger partial charge is 0.494 e. The molecule has 0 saturated heterocycles. The van der Waals surface area contributed by atoms with Gasteiger partial charge in [0.15, 0.2) is 5.78 Å². The highest BCUT2D eigenvalue weighted by atomic mass is 127. The number of carbonyl (C=O) groups excluding carboxylic acids is 1. The molecule has 0 heterocycles. The SMILES string of the molecule is CCOc1cccc(C(=O)c2cc(I)ccc2Br)c1. The molecule has 0 amide bonds. The minimum Gasteiger partial charge on any atom is -0.494 e. The van der Waals surface area contributed by atoms with Crippen LogP contribution in [0.4, 0.5) is 0 Å². The highest BCUT2D eigenvalue weighted by Crippen LogP contribution is 2.24. The van der Waals surface area contributed by atoms with Gasteiger partial charge in [-0.3, -0.25) is 4.79 Å². The Bertz CT molecular complexity index is 611. The Labute approximate surface area is 134 Å². The van der Waals surface area contributed by atoms with E-state index in [0.29, 0.717) is 17.7 Å². The number of halogens is 2. The predicted molar refractivity (Wildman–Crippen MR) is 87.9 cm³/mol. The number of hydrogen-bond donors (Lipinski definition) is 0. The van der Waals surface area contributed by atoms with E-state index in [1.807, 2.05) is 37.3 Å². The van der Waals surface area contributed by atoms with Crippen LogP contribution in [0, 0.1) is 3.57 Å². The Balaban J connectivity index is 2.38. The zero-order valence-electron chi connectivity index (χ0n) is 10.3. The first kappa shape index (κ1) is 14.5. The van der Waals surface area contributed by atoms with E-state index < -0.39 is 0 Å². The fraction of sp³-hybridized carbons (Fsp3) is 0.133. The van der Waals surface area contributed by atoms with Crippen LogP contribution in [-0.2, 0) is 0 Å². The lowest BCUT2D eigenvalue weighted by Gasteiger charge is -2.07. The van der Waals surface area contributed by atoms with Crippen LogP contribution in [0.2, 0.25) is 0 Å². The Hall–Kier alpha value is -0.880. The van der Waals surface area contributed by atoms with Crippen molar-refractivity contribution in [3.05, 3.63) is 61.6 Å². The van der Waals surface area contributed by atoms with Crippen molar-refractivity contribution in [2.24, 2.45) is 0 Å². The van der Waals surface area contributed by atoms with Crippen molar-refractivity contribution in [1.29, 1.82) is 0 Å². The molecular weight excluding hydrogens is 419 g/mol. The standard InChI is InChI=1S/C15H12BrIO2/c1-2-19-12-5-3-4-10(8-12)15(18)13-9-11(17)6-7-14(13)16/h3-9H,2H2,1H3. The van der Waals surface area contributed by atoms with Crippen LogP contribution in [0.5, 0.6) is 5.75 Å². The molecule has 0 bridgehead atoms. The number of rotatable bonds is 4. The van der Waals surface area contributed by atoms with Gasteiger partial charge in [0.2, 0.25) is 0 Å². The number of carbonyl (C=O) groups is 1. The second-order valence-electron chi connectivity index (χ2n) is 3.91. The highest BCUT2D eigenvalue weighted by Gasteiger charge is 2.13. The first-order chi connectivity index (χ1) is 9.11. The predicted octanol–water partition coefficient (Wildman–Crippen LogP) is 4.68. The van der Waals surface area contributed by atoms with Gasteiger partial charge >= 0.3 is 0 Å². The van der Waals surface area contributed by atoms with Crippen LogP contribution >= 0.6 is 38.5 Å². The first-order valence-electron chi connectivity index (χ1n) is 5.84. The maximum Gasteiger partial charge on any atom is 0.194 e. The van der Waals surface area contributed by atoms with Crippen molar-refractivity contribution in [3.8, 4) is 5.75 Å². The van der Waals surface area contributed by atoms with Gasteiger partial charge in [0.1, 0.15) is 5.75 Å². The van der Waals surface area contributed by atoms with Crippen molar-refractivity contribution in [2.45, 2.75) is 6.92 Å². The fourth-order valence-corrected chi connectivity index (χ4v) is 2.64. The molecule has 0 radical (unpaired) electrons. The van der Waals surface area contributed by atoms with Gasteiger partial charge in [0, 0.05) is 19.2 Å². The second kappa shape index (κ2) is 6.52. The number of hydrogen-bond acceptors (Lipinski definition) is 2. The van der Waals surface area contributed by atoms with E-state index in [-0.39, 0.29) is 5.78 Å². The molecule has 19 heavy (non-hydrogen) atoms. The van der Waals surface area contributed by atoms with Crippen molar-refractivity contribution in [1.82, 2.24) is 0 Å². The van der Waals surface area contributed by atoms with Crippen molar-refractivity contribution in [2.75, 3.05) is 6.61 Å². The molecule has 0 atom stereocenters. The van der Waals surface area contributed by atoms with E-state index in [4.69, 9.17) is 4.74 Å². The third-order valence-corrected chi connectivity index (χ3v) is 3.94. The van der Waals surface area contributed by atoms with Gasteiger partial charge in [-0.05, 0) is 59.8 Å². The van der Waals surface area contributed by atoms with Gasteiger partial charge < -0.3 is 4.74 Å². The lowest BCUT2D eigenvalue weighted by Crippen LogP contribution is -2.03. The summed E-state index contributed by atoms with van der Waals surface area (Å²) in [6.45, 7) is 2.51. The molecule has 0 N–H and O–H groups in total. The molecule has 0 aliphatic rings. The number of benzene rings is 2. The lowest BCUT2D eigenvalue weighted by atomic mass is 10.0. The Morgan fingerprint density at radius 1 is 1.26 bits per heavy atom. The molecular formula is C15H12BrIO2. The van der Waals surface area contributed by atoms with Crippen LogP contribution in [0.3, 0.4) is 0 Å². The van der Waals surface area contributed by atoms with Gasteiger partial charge in [0.25, 0.3) is 0 Å². The van der Waals surface area contributed by atoms with Crippen molar-refractivity contribution in [3.63, 3.8) is 0 Å². The highest BCUT2D eigenvalue weighted by molar-refractivity contribution is 14.1. The van der Waals surface area contributed by atoms with Gasteiger partial charge in [-0.25, -0.2) is 0 Å². The molecule has 2 aromatic rings. The summed E-state index contributed by atoms with van der Waals surface area (Å²) in [7, 11) is 0. The molecule has 0 unspecified atom stereocenters. The molecule has 0 saturated carbocycles. The summed E-state index contributed by atoms with van der Waals surface area (Å²) in [6, 6.07) is 13.0. The molecule has 0 aliphatic carbocycles. The van der Waals surface area contributed by atoms with Crippen molar-refractivity contribution >= 4 is 44.3 Å². The maximum atomic E-state index is 12.5. The molecule has 4 heteroatoms. The third kappa shape index (κ3) is 3.57. The van der Waals surface area contributed by atoms with Gasteiger partial charge in [-0.15, -0.1) is 0 Å². The molecule has 0 aromatic heterocycles. The third-order valence-electron chi connectivity index (χ3n) is 2.58. The monoisotopic (exact) mass is 430 g/mol. The quantitative estimate of drug-likeness (QED) is 0.519. The van der Waals surface area contributed by atoms with Gasteiger partial charge in [0.05, 0.1) is 6.61 Å². The molecule has 0 aliphatic heterocycles. The van der Waals surface area contributed by atoms with E-state index in [0.717, 1.165) is 13.8 Å². The zero-order valence-corrected chi connectivity index (χ0v) is 14.1. The van der Waals surface area contributed by atoms with Gasteiger partial charge in [-0.1, -0.05) is 28.1 Å². The minimum atomic E-state index is -0.00746. The number of ketones is 1. The molecule has 2 aromatic carbocycles. The van der Waals surface area contributed by atoms with Crippen molar-refractivity contribution < 1.29 is 9.53 Å². The normalized spacial score (nSPS) is 10.3. The van der Waals surface area contributed by atoms with E-state index in [1.54, 1.807) is 12.1 Å². The van der Waals surface area contributed by atoms with E-state index in [1.165, 1.54) is 0 Å². The van der Waals surface area contributed by atoms with Crippen LogP contribution in [-0.4, -0.2) is 12.4 Å². The smallest absolute Gasteiger partial charge is 0.194 e. The van der Waals surface area contributed by atoms with Crippen LogP contribution < -0.4 is 4.74 Å². The summed E-state index contributed by atoms with van der Waals surface area (Å²) >= 11 is 5.62. The number of ether oxygens (including phenoxy) is 1. The summed E-state index contributed by atoms with van der Waals surface area (Å²) in [5.41, 5.74) is 1.30. The summed E-state index contributed by atoms with van der Waals surface area (Å²) in [5, 5.41) is 0. The lowest BCUT2D eigenvalue weighted by molar-refractivity contribution is 0.103. The molecule has 0 spiro atoms. The average Bonchev–Trinajstić information content (AvgIpc) is 2.41. The Morgan fingerprint density at radius 3 is 2.79 bits per heavy atom. The van der Waals surface area contributed by atoms with E-state index in [2.05, 4.69) is 38.5 Å². The molecule has 2 nitrogen and oxygen atoms in total. The van der Waals surface area contributed by atoms with Crippen LogP contribution in [0.1, 0.15) is 22.8 Å². The summed E-state index contributed by atoms with van der Waals surface area (Å²) in [5.74, 6) is 0.710. The average molecular weight is 431 g/mol. The summed E-state index contributed by atoms with van der Waals surface area (Å²) in [6.07, 6.45) is 0. The first-order valence-corrected chi connectivity index (χ1v) is 7.71. The van der Waals surface area contributed by atoms with Crippen LogP contribution in [0.25, 0.3) is 0 Å². The molecule has 98 valence electrons. The minimum absolute atomic E-state index is 0.00746. The summed E-state index contributed by atoms with van der Waals surface area (Å²) in [4.78, 5) is 12.5. The molecule has 0 fully saturated rings. The zero-order chi connectivity index (χ0) is 13.8. The second-order valence-corrected chi connectivity index (χ2v) is 6.01. The fourth-order valence-electron chi connectivity index (χ4n) is 1.72. The van der Waals surface area contributed by atoms with Gasteiger partial charge in [-0.2, -0.15) is 0 Å². The maximum absolute atomic E-state index is 12.5. The Morgan fingerprint density at radius 2 is 2.05 bits per heavy atom. The Kier molecular flexibility index (Phi) is 4.99. The molecule has 2 rings (SSSR count). The van der Waals surface area contributed by atoms with E-state index >= 15 is 0 Å². The van der Waals surface area contributed by atoms with E-state index in [9.17, 15) is 4.79 Å². The van der Waals surface area contributed by atoms with Crippen LogP contribution in [0.15, 0.2) is 46.9 Å².